The Hall–Kier alpha value is -1.48. The zero-order valence-corrected chi connectivity index (χ0v) is 10.9. The highest BCUT2D eigenvalue weighted by molar-refractivity contribution is 4.85. The number of nitrogens with one attached hydrogen (secondary N) is 2. The molecule has 0 atom stereocenters. The van der Waals surface area contributed by atoms with Crippen molar-refractivity contribution in [2.24, 2.45) is 0 Å². The fraction of sp³-hybridized carbons (Fsp3) is 0.429. The number of H-pyrrole nitrogens is 2. The Kier molecular flexibility index (Phi) is 13.3. The molecule has 0 saturated heterocycles. The van der Waals surface area contributed by atoms with Gasteiger partial charge in [-0.3, -0.25) is 0 Å². The van der Waals surface area contributed by atoms with E-state index in [9.17, 15) is 0 Å². The molecule has 3 nitrogen and oxygen atoms in total. The summed E-state index contributed by atoms with van der Waals surface area (Å²) in [5.41, 5.74) is 0. The third-order valence-electron chi connectivity index (χ3n) is 1.69. The van der Waals surface area contributed by atoms with Crippen molar-refractivity contribution in [3.8, 4) is 0 Å². The Balaban J connectivity index is 0.000000229. The van der Waals surface area contributed by atoms with Crippen molar-refractivity contribution in [1.82, 2.24) is 9.97 Å². The first-order valence-corrected chi connectivity index (χ1v) is 6.15. The van der Waals surface area contributed by atoms with E-state index in [-0.39, 0.29) is 0 Å². The molecule has 2 aromatic rings. The minimum atomic E-state index is 0.924. The van der Waals surface area contributed by atoms with Gasteiger partial charge < -0.3 is 14.7 Å². The Bertz CT molecular complexity index is 212. The van der Waals surface area contributed by atoms with Crippen LogP contribution in [0, 0.1) is 0 Å². The first-order chi connectivity index (χ1) is 8.41. The van der Waals surface area contributed by atoms with Crippen LogP contribution in [0.15, 0.2) is 49.1 Å². The Labute approximate surface area is 104 Å². The van der Waals surface area contributed by atoms with Gasteiger partial charge in [0.15, 0.2) is 0 Å². The number of hydrogen-bond donors (Lipinski definition) is 2. The van der Waals surface area contributed by atoms with Crippen molar-refractivity contribution in [2.45, 2.75) is 26.7 Å². The van der Waals surface area contributed by atoms with Gasteiger partial charge in [0.05, 0.1) is 0 Å². The third-order valence-corrected chi connectivity index (χ3v) is 1.69. The maximum atomic E-state index is 5.13. The van der Waals surface area contributed by atoms with Crippen LogP contribution in [0.3, 0.4) is 0 Å². The SMILES string of the molecule is CCCOCCC.c1cc[nH]c1.c1cc[nH]c1. The van der Waals surface area contributed by atoms with Gasteiger partial charge in [-0.25, -0.2) is 0 Å². The molecule has 2 heterocycles. The second-order valence-electron chi connectivity index (χ2n) is 3.38. The number of aromatic nitrogens is 2. The fourth-order valence-electron chi connectivity index (χ4n) is 0.946. The number of ether oxygens (including phenoxy) is 1. The summed E-state index contributed by atoms with van der Waals surface area (Å²) in [4.78, 5) is 5.72. The van der Waals surface area contributed by atoms with Crippen LogP contribution in [-0.2, 0) is 4.74 Å². The van der Waals surface area contributed by atoms with Gasteiger partial charge in [-0.15, -0.1) is 0 Å². The zero-order valence-electron chi connectivity index (χ0n) is 10.9. The lowest BCUT2D eigenvalue weighted by Crippen LogP contribution is -1.92. The average molecular weight is 236 g/mol. The van der Waals surface area contributed by atoms with E-state index in [0.29, 0.717) is 0 Å². The molecule has 0 spiro atoms. The molecule has 0 bridgehead atoms. The standard InChI is InChI=1S/C6H14O.2C4H5N/c1-3-5-7-6-4-2;2*1-2-4-5-3-1/h3-6H2,1-2H3;2*1-5H. The molecular weight excluding hydrogens is 212 g/mol. The van der Waals surface area contributed by atoms with E-state index < -0.39 is 0 Å². The highest BCUT2D eigenvalue weighted by atomic mass is 16.5. The van der Waals surface area contributed by atoms with E-state index >= 15 is 0 Å². The van der Waals surface area contributed by atoms with E-state index in [1.54, 1.807) is 0 Å². The largest absolute Gasteiger partial charge is 0.381 e. The van der Waals surface area contributed by atoms with Crippen LogP contribution in [0.4, 0.5) is 0 Å². The van der Waals surface area contributed by atoms with Crippen molar-refractivity contribution in [1.29, 1.82) is 0 Å². The minimum Gasteiger partial charge on any atom is -0.381 e. The van der Waals surface area contributed by atoms with Crippen molar-refractivity contribution in [3.05, 3.63) is 49.1 Å². The van der Waals surface area contributed by atoms with E-state index in [2.05, 4.69) is 23.8 Å². The Morgan fingerprint density at radius 1 is 0.706 bits per heavy atom. The van der Waals surface area contributed by atoms with Gasteiger partial charge in [-0.05, 0) is 37.1 Å². The van der Waals surface area contributed by atoms with Crippen LogP contribution in [0.25, 0.3) is 0 Å². The topological polar surface area (TPSA) is 40.8 Å². The van der Waals surface area contributed by atoms with E-state index in [4.69, 9.17) is 4.74 Å². The molecule has 96 valence electrons. The fourth-order valence-corrected chi connectivity index (χ4v) is 0.946. The second kappa shape index (κ2) is 14.5. The van der Waals surface area contributed by atoms with Crippen LogP contribution < -0.4 is 0 Å². The molecule has 0 aromatic carbocycles. The Morgan fingerprint density at radius 2 is 1.06 bits per heavy atom. The van der Waals surface area contributed by atoms with Crippen LogP contribution in [0.1, 0.15) is 26.7 Å². The van der Waals surface area contributed by atoms with Crippen molar-refractivity contribution in [2.75, 3.05) is 13.2 Å². The third kappa shape index (κ3) is 14.5. The summed E-state index contributed by atoms with van der Waals surface area (Å²) < 4.78 is 5.13. The average Bonchev–Trinajstić information content (AvgIpc) is 3.08. The first-order valence-electron chi connectivity index (χ1n) is 6.15. The van der Waals surface area contributed by atoms with Crippen LogP contribution in [0.5, 0.6) is 0 Å². The summed E-state index contributed by atoms with van der Waals surface area (Å²) in [6.07, 6.45) is 9.78. The number of aromatic amines is 2. The predicted octanol–water partition coefficient (Wildman–Crippen LogP) is 3.85. The minimum absolute atomic E-state index is 0.924. The van der Waals surface area contributed by atoms with Crippen molar-refractivity contribution >= 4 is 0 Å². The van der Waals surface area contributed by atoms with Gasteiger partial charge in [0, 0.05) is 38.0 Å². The number of hydrogen-bond acceptors (Lipinski definition) is 1. The predicted molar refractivity (Wildman–Crippen MR) is 73.0 cm³/mol. The molecule has 0 aliphatic carbocycles. The maximum absolute atomic E-state index is 5.13. The molecule has 17 heavy (non-hydrogen) atoms. The molecule has 2 rings (SSSR count). The van der Waals surface area contributed by atoms with Crippen LogP contribution >= 0.6 is 0 Å². The molecule has 2 aromatic heterocycles. The quantitative estimate of drug-likeness (QED) is 0.778. The molecule has 0 fully saturated rings. The highest BCUT2D eigenvalue weighted by Gasteiger charge is 1.77. The lowest BCUT2D eigenvalue weighted by Gasteiger charge is -1.95. The molecule has 0 aliphatic heterocycles. The first kappa shape index (κ1) is 15.5. The summed E-state index contributed by atoms with van der Waals surface area (Å²) in [5, 5.41) is 0. The lowest BCUT2D eigenvalue weighted by molar-refractivity contribution is 0.135. The molecule has 0 saturated carbocycles. The van der Waals surface area contributed by atoms with Gasteiger partial charge in [0.2, 0.25) is 0 Å². The summed E-state index contributed by atoms with van der Waals surface area (Å²) in [7, 11) is 0. The van der Waals surface area contributed by atoms with Crippen LogP contribution in [0.2, 0.25) is 0 Å². The van der Waals surface area contributed by atoms with Gasteiger partial charge in [-0.1, -0.05) is 13.8 Å². The van der Waals surface area contributed by atoms with E-state index in [1.807, 2.05) is 49.1 Å². The molecule has 0 unspecified atom stereocenters. The molecule has 3 heteroatoms. The summed E-state index contributed by atoms with van der Waals surface area (Å²) in [6.45, 7) is 6.09. The van der Waals surface area contributed by atoms with E-state index in [0.717, 1.165) is 26.1 Å². The molecule has 0 aliphatic rings. The summed E-state index contributed by atoms with van der Waals surface area (Å²) in [6, 6.07) is 7.78. The summed E-state index contributed by atoms with van der Waals surface area (Å²) in [5.74, 6) is 0. The Morgan fingerprint density at radius 3 is 1.24 bits per heavy atom. The van der Waals surface area contributed by atoms with Gasteiger partial charge in [0.1, 0.15) is 0 Å². The summed E-state index contributed by atoms with van der Waals surface area (Å²) >= 11 is 0. The molecule has 0 radical (unpaired) electrons. The zero-order chi connectivity index (χ0) is 12.6. The van der Waals surface area contributed by atoms with Crippen LogP contribution in [-0.4, -0.2) is 23.2 Å². The van der Waals surface area contributed by atoms with Crippen molar-refractivity contribution in [3.63, 3.8) is 0 Å². The maximum Gasteiger partial charge on any atom is 0.0463 e. The normalized spacial score (nSPS) is 8.59. The lowest BCUT2D eigenvalue weighted by atomic mass is 10.5. The highest BCUT2D eigenvalue weighted by Crippen LogP contribution is 1.81. The molecule has 0 amide bonds. The van der Waals surface area contributed by atoms with Gasteiger partial charge in [-0.2, -0.15) is 0 Å². The number of rotatable bonds is 4. The van der Waals surface area contributed by atoms with Gasteiger partial charge in [0.25, 0.3) is 0 Å². The smallest absolute Gasteiger partial charge is 0.0463 e. The molecular formula is C14H24N2O. The second-order valence-corrected chi connectivity index (χ2v) is 3.38. The molecule has 2 N–H and O–H groups in total. The van der Waals surface area contributed by atoms with Gasteiger partial charge >= 0.3 is 0 Å². The van der Waals surface area contributed by atoms with Crippen molar-refractivity contribution < 1.29 is 4.74 Å². The monoisotopic (exact) mass is 236 g/mol. The van der Waals surface area contributed by atoms with E-state index in [1.165, 1.54) is 0 Å².